The first-order chi connectivity index (χ1) is 8.79. The summed E-state index contributed by atoms with van der Waals surface area (Å²) in [6.45, 7) is 0. The average molecular weight is 243 g/mol. The molecule has 4 nitrogen and oxygen atoms in total. The van der Waals surface area contributed by atoms with E-state index in [1.54, 1.807) is 16.8 Å². The van der Waals surface area contributed by atoms with Gasteiger partial charge in [-0.1, -0.05) is 6.07 Å². The maximum atomic E-state index is 13.2. The van der Waals surface area contributed by atoms with Crippen LogP contribution in [0.25, 0.3) is 16.9 Å². The topological polar surface area (TPSA) is 39.9 Å². The zero-order chi connectivity index (χ0) is 12.5. The Bertz CT molecular complexity index is 694. The molecule has 3 aromatic rings. The molecule has 18 heavy (non-hydrogen) atoms. The van der Waals surface area contributed by atoms with Gasteiger partial charge < -0.3 is 4.74 Å². The van der Waals surface area contributed by atoms with Gasteiger partial charge >= 0.3 is 6.01 Å². The minimum absolute atomic E-state index is 0.323. The minimum Gasteiger partial charge on any atom is -0.468 e. The molecule has 0 N–H and O–H groups in total. The highest BCUT2D eigenvalue weighted by atomic mass is 19.1. The van der Waals surface area contributed by atoms with Crippen molar-refractivity contribution in [1.29, 1.82) is 0 Å². The third-order valence-electron chi connectivity index (χ3n) is 2.65. The van der Waals surface area contributed by atoms with Crippen molar-refractivity contribution in [2.24, 2.45) is 0 Å². The summed E-state index contributed by atoms with van der Waals surface area (Å²) in [5.41, 5.74) is 1.30. The molecule has 0 saturated heterocycles. The van der Waals surface area contributed by atoms with Crippen molar-refractivity contribution in [1.82, 2.24) is 14.5 Å². The molecule has 0 spiro atoms. The highest BCUT2D eigenvalue weighted by molar-refractivity contribution is 5.78. The lowest BCUT2D eigenvalue weighted by Gasteiger charge is -2.05. The smallest absolute Gasteiger partial charge is 0.303 e. The standard InChI is InChI=1S/C13H10FN3O/c1-18-13-16-10-8-9(14)5-6-11(10)17(13)12-4-2-3-7-15-12/h2-8H,1H3. The van der Waals surface area contributed by atoms with Crippen LogP contribution in [0.3, 0.4) is 0 Å². The maximum absolute atomic E-state index is 13.2. The number of fused-ring (bicyclic) bond motifs is 1. The fourth-order valence-corrected chi connectivity index (χ4v) is 1.88. The molecule has 0 bridgehead atoms. The van der Waals surface area contributed by atoms with Crippen LogP contribution in [0.4, 0.5) is 4.39 Å². The van der Waals surface area contributed by atoms with Gasteiger partial charge in [0.1, 0.15) is 11.6 Å². The molecule has 0 fully saturated rings. The molecule has 0 aliphatic rings. The number of imidazole rings is 1. The minimum atomic E-state index is -0.323. The lowest BCUT2D eigenvalue weighted by molar-refractivity contribution is 0.375. The van der Waals surface area contributed by atoms with E-state index in [0.29, 0.717) is 17.3 Å². The number of ether oxygens (including phenoxy) is 1. The molecular formula is C13H10FN3O. The van der Waals surface area contributed by atoms with Crippen molar-refractivity contribution in [3.8, 4) is 11.8 Å². The van der Waals surface area contributed by atoms with E-state index in [9.17, 15) is 4.39 Å². The van der Waals surface area contributed by atoms with Crippen LogP contribution in [0.2, 0.25) is 0 Å². The first-order valence-corrected chi connectivity index (χ1v) is 5.43. The zero-order valence-corrected chi connectivity index (χ0v) is 9.67. The van der Waals surface area contributed by atoms with Crippen molar-refractivity contribution < 1.29 is 9.13 Å². The molecule has 1 aromatic carbocycles. The summed E-state index contributed by atoms with van der Waals surface area (Å²) in [5.74, 6) is 0.360. The van der Waals surface area contributed by atoms with E-state index in [-0.39, 0.29) is 5.82 Å². The van der Waals surface area contributed by atoms with E-state index in [0.717, 1.165) is 5.52 Å². The lowest BCUT2D eigenvalue weighted by atomic mass is 10.3. The highest BCUT2D eigenvalue weighted by Gasteiger charge is 2.13. The van der Waals surface area contributed by atoms with Crippen LogP contribution in [0.1, 0.15) is 0 Å². The van der Waals surface area contributed by atoms with Gasteiger partial charge in [-0.2, -0.15) is 4.98 Å². The Hall–Kier alpha value is -2.43. The van der Waals surface area contributed by atoms with Gasteiger partial charge in [-0.25, -0.2) is 13.9 Å². The quantitative estimate of drug-likeness (QED) is 0.694. The molecule has 3 rings (SSSR count). The number of pyridine rings is 1. The number of hydrogen-bond donors (Lipinski definition) is 0. The van der Waals surface area contributed by atoms with Crippen molar-refractivity contribution >= 4 is 11.0 Å². The van der Waals surface area contributed by atoms with Gasteiger partial charge in [-0.15, -0.1) is 0 Å². The number of rotatable bonds is 2. The van der Waals surface area contributed by atoms with Crippen LogP contribution < -0.4 is 4.74 Å². The summed E-state index contributed by atoms with van der Waals surface area (Å²) in [4.78, 5) is 8.48. The third-order valence-corrected chi connectivity index (χ3v) is 2.65. The molecular weight excluding hydrogens is 233 g/mol. The van der Waals surface area contributed by atoms with E-state index >= 15 is 0 Å². The molecule has 2 heterocycles. The third kappa shape index (κ3) is 1.60. The predicted molar refractivity (Wildman–Crippen MR) is 65.4 cm³/mol. The Morgan fingerprint density at radius 2 is 2.11 bits per heavy atom. The Labute approximate surface area is 103 Å². The molecule has 0 amide bonds. The number of aromatic nitrogens is 3. The second-order valence-corrected chi connectivity index (χ2v) is 3.75. The Morgan fingerprint density at radius 3 is 2.83 bits per heavy atom. The van der Waals surface area contributed by atoms with Gasteiger partial charge in [0, 0.05) is 12.3 Å². The summed E-state index contributed by atoms with van der Waals surface area (Å²) < 4.78 is 20.1. The van der Waals surface area contributed by atoms with Gasteiger partial charge in [0.2, 0.25) is 0 Å². The fourth-order valence-electron chi connectivity index (χ4n) is 1.88. The van der Waals surface area contributed by atoms with Crippen LogP contribution in [0, 0.1) is 5.82 Å². The van der Waals surface area contributed by atoms with E-state index in [1.165, 1.54) is 19.2 Å². The second-order valence-electron chi connectivity index (χ2n) is 3.75. The normalized spacial score (nSPS) is 10.8. The van der Waals surface area contributed by atoms with Gasteiger partial charge in [0.05, 0.1) is 18.1 Å². The van der Waals surface area contributed by atoms with Crippen LogP contribution in [-0.4, -0.2) is 21.6 Å². The molecule has 90 valence electrons. The number of nitrogens with zero attached hydrogens (tertiary/aromatic N) is 3. The van der Waals surface area contributed by atoms with E-state index in [2.05, 4.69) is 9.97 Å². The van der Waals surface area contributed by atoms with Crippen LogP contribution in [0.5, 0.6) is 6.01 Å². The number of benzene rings is 1. The lowest BCUT2D eigenvalue weighted by Crippen LogP contribution is -2.00. The molecule has 0 aliphatic heterocycles. The van der Waals surface area contributed by atoms with Crippen molar-refractivity contribution in [3.05, 3.63) is 48.4 Å². The van der Waals surface area contributed by atoms with Gasteiger partial charge in [-0.05, 0) is 24.3 Å². The fraction of sp³-hybridized carbons (Fsp3) is 0.0769. The van der Waals surface area contributed by atoms with Crippen LogP contribution >= 0.6 is 0 Å². The van der Waals surface area contributed by atoms with Crippen molar-refractivity contribution in [3.63, 3.8) is 0 Å². The van der Waals surface area contributed by atoms with E-state index in [1.807, 2.05) is 18.2 Å². The summed E-state index contributed by atoms with van der Waals surface area (Å²) in [6.07, 6.45) is 1.68. The SMILES string of the molecule is COc1nc2cc(F)ccc2n1-c1ccccn1. The maximum Gasteiger partial charge on any atom is 0.303 e. The first-order valence-electron chi connectivity index (χ1n) is 5.43. The van der Waals surface area contributed by atoms with Crippen LogP contribution in [0.15, 0.2) is 42.6 Å². The van der Waals surface area contributed by atoms with E-state index in [4.69, 9.17) is 4.74 Å². The van der Waals surface area contributed by atoms with Crippen molar-refractivity contribution in [2.45, 2.75) is 0 Å². The monoisotopic (exact) mass is 243 g/mol. The predicted octanol–water partition coefficient (Wildman–Crippen LogP) is 2.57. The van der Waals surface area contributed by atoms with Gasteiger partial charge in [0.25, 0.3) is 0 Å². The Kier molecular flexibility index (Phi) is 2.44. The average Bonchev–Trinajstić information content (AvgIpc) is 2.77. The Morgan fingerprint density at radius 1 is 1.22 bits per heavy atom. The summed E-state index contributed by atoms with van der Waals surface area (Å²) in [7, 11) is 1.52. The van der Waals surface area contributed by atoms with Crippen LogP contribution in [-0.2, 0) is 0 Å². The number of halogens is 1. The number of methoxy groups -OCH3 is 1. The second kappa shape index (κ2) is 4.10. The molecule has 0 unspecified atom stereocenters. The van der Waals surface area contributed by atoms with Gasteiger partial charge in [0.15, 0.2) is 0 Å². The Balaban J connectivity index is 2.33. The molecule has 0 radical (unpaired) electrons. The number of hydrogen-bond acceptors (Lipinski definition) is 3. The summed E-state index contributed by atoms with van der Waals surface area (Å²) in [5, 5.41) is 0. The molecule has 0 aliphatic carbocycles. The highest BCUT2D eigenvalue weighted by Crippen LogP contribution is 2.25. The summed E-state index contributed by atoms with van der Waals surface area (Å²) in [6, 6.07) is 10.3. The first kappa shape index (κ1) is 10.7. The molecule has 0 saturated carbocycles. The van der Waals surface area contributed by atoms with Crippen molar-refractivity contribution in [2.75, 3.05) is 7.11 Å². The van der Waals surface area contributed by atoms with Gasteiger partial charge in [-0.3, -0.25) is 0 Å². The molecule has 0 atom stereocenters. The molecule has 5 heteroatoms. The largest absolute Gasteiger partial charge is 0.468 e. The zero-order valence-electron chi connectivity index (χ0n) is 9.67. The molecule has 2 aromatic heterocycles. The van der Waals surface area contributed by atoms with E-state index < -0.39 is 0 Å². The summed E-state index contributed by atoms with van der Waals surface area (Å²) >= 11 is 0.